The van der Waals surface area contributed by atoms with E-state index in [2.05, 4.69) is 258 Å². The van der Waals surface area contributed by atoms with Gasteiger partial charge in [-0.05, 0) is 0 Å². The molecular weight excluding hydrogens is 959 g/mol. The second-order valence-electron chi connectivity index (χ2n) is 21.8. The molecule has 0 aliphatic carbocycles. The molecule has 1 aromatic rings. The Morgan fingerprint density at radius 1 is 0.362 bits per heavy atom. The summed E-state index contributed by atoms with van der Waals surface area (Å²) < 4.78 is 44.9. The van der Waals surface area contributed by atoms with Crippen LogP contribution in [0.1, 0.15) is 31.2 Å². The summed E-state index contributed by atoms with van der Waals surface area (Å²) in [6.07, 6.45) is 7.35. The Morgan fingerprint density at radius 2 is 0.565 bits per heavy atom. The molecule has 4 aliphatic rings. The molecule has 17 nitrogen and oxygen atoms in total. The van der Waals surface area contributed by atoms with Crippen LogP contribution in [0.25, 0.3) is 0 Å². The predicted molar refractivity (Wildman–Crippen MR) is 309 cm³/mol. The third-order valence-corrected chi connectivity index (χ3v) is 28.9. The van der Waals surface area contributed by atoms with Crippen LogP contribution in [0.5, 0.6) is 5.75 Å². The molecule has 4 heterocycles. The Kier molecular flexibility index (Phi) is 18.8. The molecule has 0 spiro atoms. The van der Waals surface area contributed by atoms with Crippen LogP contribution >= 0.6 is 39.7 Å². The summed E-state index contributed by atoms with van der Waals surface area (Å²) in [5.74, 6) is 0.667. The molecule has 0 N–H and O–H groups in total. The van der Waals surface area contributed by atoms with E-state index in [-0.39, 0.29) is 0 Å². The molecule has 0 radical (unpaired) electrons. The monoisotopic (exact) mass is 1050 g/mol. The summed E-state index contributed by atoms with van der Waals surface area (Å²) in [6.45, 7) is 2.14. The van der Waals surface area contributed by atoms with Crippen molar-refractivity contribution in [1.29, 1.82) is 0 Å². The van der Waals surface area contributed by atoms with Crippen LogP contribution in [-0.4, -0.2) is 296 Å². The summed E-state index contributed by atoms with van der Waals surface area (Å²) in [5.41, 5.74) is 2.96. The number of nitrogens with zero attached hydrogens (tertiary/aromatic N) is 16. The van der Waals surface area contributed by atoms with Crippen molar-refractivity contribution in [3.05, 3.63) is 29.8 Å². The van der Waals surface area contributed by atoms with Gasteiger partial charge in [0.15, 0.2) is 0 Å². The van der Waals surface area contributed by atoms with Gasteiger partial charge in [-0.3, -0.25) is 0 Å². The SMILES string of the molecule is Cc1ccc(OP(N=C2P(N(C)C)CCC2(N(C)C)N(C)C)(N=C2P(N(C)C)CCC2(N(C)C)N(C)C)(N=C2P(N(C)C)CCC2(N(C)C)N(C)C)N=C2P(N(C)C)CCC2(N(C)C)N(C)C)cc1. The fourth-order valence-corrected chi connectivity index (χ4v) is 27.7. The molecular formula is C47H95N16OP5. The van der Waals surface area contributed by atoms with Crippen molar-refractivity contribution in [2.24, 2.45) is 19.1 Å². The topological polar surface area (TPSA) is 97.5 Å². The van der Waals surface area contributed by atoms with E-state index in [1.54, 1.807) is 0 Å². The predicted octanol–water partition coefficient (Wildman–Crippen LogP) is 6.82. The molecule has 4 unspecified atom stereocenters. The van der Waals surface area contributed by atoms with Crippen LogP contribution in [0.15, 0.2) is 43.3 Å². The van der Waals surface area contributed by atoms with Crippen molar-refractivity contribution in [3.8, 4) is 5.75 Å². The van der Waals surface area contributed by atoms with Crippen molar-refractivity contribution < 1.29 is 4.52 Å². The number of aryl methyl sites for hydroxylation is 1. The van der Waals surface area contributed by atoms with Gasteiger partial charge in [-0.1, -0.05) is 0 Å². The fraction of sp³-hybridized carbons (Fsp3) is 0.787. The first-order chi connectivity index (χ1) is 31.9. The van der Waals surface area contributed by atoms with Crippen LogP contribution in [0, 0.1) is 6.92 Å². The Hall–Kier alpha value is -0.630. The summed E-state index contributed by atoms with van der Waals surface area (Å²) >= 11 is 0. The molecule has 0 amide bonds. The quantitative estimate of drug-likeness (QED) is 0.114. The number of rotatable bonds is 18. The van der Waals surface area contributed by atoms with E-state index in [1.165, 1.54) is 0 Å². The van der Waals surface area contributed by atoms with Crippen molar-refractivity contribution in [1.82, 2.24) is 57.9 Å². The first kappa shape index (κ1) is 59.2. The molecule has 394 valence electrons. The Labute approximate surface area is 425 Å². The average molecular weight is 1060 g/mol. The third-order valence-electron chi connectivity index (χ3n) is 15.3. The number of hydrogen-bond donors (Lipinski definition) is 0. The first-order valence-corrected chi connectivity index (χ1v) is 32.2. The minimum atomic E-state index is -5.41. The van der Waals surface area contributed by atoms with Gasteiger partial charge in [0, 0.05) is 0 Å². The van der Waals surface area contributed by atoms with Crippen molar-refractivity contribution in [2.45, 2.75) is 55.3 Å². The number of benzene rings is 1. The molecule has 22 heteroatoms. The maximum atomic E-state index is 8.42. The van der Waals surface area contributed by atoms with Crippen molar-refractivity contribution in [3.63, 3.8) is 0 Å². The van der Waals surface area contributed by atoms with Gasteiger partial charge >= 0.3 is 428 Å². The molecule has 0 bridgehead atoms. The van der Waals surface area contributed by atoms with Gasteiger partial charge in [-0.15, -0.1) is 0 Å². The molecule has 4 aliphatic heterocycles. The molecule has 0 saturated carbocycles. The zero-order chi connectivity index (χ0) is 52.2. The van der Waals surface area contributed by atoms with Crippen LogP contribution in [0.2, 0.25) is 0 Å². The zero-order valence-corrected chi connectivity index (χ0v) is 52.2. The first-order valence-electron chi connectivity index (χ1n) is 24.3. The second-order valence-corrected chi connectivity index (χ2v) is 34.4. The van der Waals surface area contributed by atoms with E-state index in [4.69, 9.17) is 23.6 Å². The van der Waals surface area contributed by atoms with Crippen molar-refractivity contribution in [2.75, 3.05) is 194 Å². The van der Waals surface area contributed by atoms with Gasteiger partial charge in [0.05, 0.1) is 0 Å². The molecule has 4 atom stereocenters. The summed E-state index contributed by atoms with van der Waals surface area (Å²) in [4.78, 5) is 19.1. The standard InChI is InChI=1S/C47H95N16OP5/c1-38-26-28-39(29-27-38)64-69(48-40-44(52(2)3,53(4)5)30-34-65(40)60(18)19,49-41-45(54(6)7,55(8)9)31-35-66(41)61(20)21,50-42-46(56(10)11,57(12)13)32-36-67(42)62(22)23)51-43-47(58(14)15,59(16)17)33-37-68(43)63(24)25/h26-29H,30-37H2,1-25H3. The summed E-state index contributed by atoms with van der Waals surface area (Å²) in [7, 11) is 43.8. The Bertz CT molecular complexity index is 1790. The summed E-state index contributed by atoms with van der Waals surface area (Å²) in [5, 5.41) is 0. The normalized spacial score (nSPS) is 28.0. The average Bonchev–Trinajstić information content (AvgIpc) is 4.00. The van der Waals surface area contributed by atoms with Crippen molar-refractivity contribution >= 4 is 61.5 Å². The molecule has 1 aromatic carbocycles. The Balaban J connectivity index is 2.40. The van der Waals surface area contributed by atoms with Gasteiger partial charge in [-0.2, -0.15) is 0 Å². The van der Waals surface area contributed by atoms with E-state index in [9.17, 15) is 0 Å². The molecule has 5 rings (SSSR count). The minimum absolute atomic E-state index is 0.594. The van der Waals surface area contributed by atoms with Crippen LogP contribution < -0.4 is 4.52 Å². The van der Waals surface area contributed by atoms with Gasteiger partial charge in [0.2, 0.25) is 0 Å². The Morgan fingerprint density at radius 3 is 0.739 bits per heavy atom. The van der Waals surface area contributed by atoms with Gasteiger partial charge in [0.25, 0.3) is 0 Å². The molecule has 4 fully saturated rings. The second kappa shape index (κ2) is 21.9. The van der Waals surface area contributed by atoms with Crippen LogP contribution in [0.4, 0.5) is 0 Å². The van der Waals surface area contributed by atoms with E-state index >= 15 is 0 Å². The van der Waals surface area contributed by atoms with E-state index in [0.29, 0.717) is 5.75 Å². The number of hydrogen-bond acceptors (Lipinski definition) is 17. The molecule has 0 aromatic heterocycles. The fourth-order valence-electron chi connectivity index (χ4n) is 11.5. The zero-order valence-electron chi connectivity index (χ0n) is 47.8. The third kappa shape index (κ3) is 10.3. The van der Waals surface area contributed by atoms with Gasteiger partial charge in [-0.25, -0.2) is 0 Å². The van der Waals surface area contributed by atoms with Gasteiger partial charge < -0.3 is 0 Å². The summed E-state index contributed by atoms with van der Waals surface area (Å²) in [6, 6.07) is 8.53. The van der Waals surface area contributed by atoms with Gasteiger partial charge in [0.1, 0.15) is 0 Å². The van der Waals surface area contributed by atoms with E-state index in [1.807, 2.05) is 0 Å². The van der Waals surface area contributed by atoms with Crippen LogP contribution in [-0.2, 0) is 0 Å². The molecule has 4 saturated heterocycles. The van der Waals surface area contributed by atoms with E-state index in [0.717, 1.165) is 77.7 Å². The van der Waals surface area contributed by atoms with Crippen LogP contribution in [0.3, 0.4) is 0 Å². The maximum absolute atomic E-state index is 8.42. The molecule has 69 heavy (non-hydrogen) atoms. The van der Waals surface area contributed by atoms with E-state index < -0.39 is 62.4 Å².